The second kappa shape index (κ2) is 11.9. The molecule has 0 radical (unpaired) electrons. The number of carbonyl (C=O) groups excluding carboxylic acids is 1. The summed E-state index contributed by atoms with van der Waals surface area (Å²) in [6.07, 6.45) is -7.42. The molecule has 0 bridgehead atoms. The Morgan fingerprint density at radius 1 is 1.07 bits per heavy atom. The van der Waals surface area contributed by atoms with Crippen LogP contribution in [0.1, 0.15) is 52.9 Å². The van der Waals surface area contributed by atoms with Crippen molar-refractivity contribution in [3.05, 3.63) is 0 Å². The van der Waals surface area contributed by atoms with E-state index in [0.29, 0.717) is 19.3 Å². The largest absolute Gasteiger partial charge is 0.481 e. The molecule has 8 unspecified atom stereocenters. The first-order chi connectivity index (χ1) is 13.8. The number of aliphatic hydroxyl groups is 5. The fraction of sp³-hybridized carbons (Fsp3) is 0.895. The molecular formula is C19H34O11. The van der Waals surface area contributed by atoms with Gasteiger partial charge in [-0.25, -0.2) is 0 Å². The molecule has 0 spiro atoms. The van der Waals surface area contributed by atoms with Gasteiger partial charge in [-0.3, -0.25) is 9.59 Å². The molecule has 6 N–H and O–H groups in total. The van der Waals surface area contributed by atoms with Crippen molar-refractivity contribution in [2.24, 2.45) is 0 Å². The number of carboxylic acids is 1. The van der Waals surface area contributed by atoms with Crippen molar-refractivity contribution in [2.45, 2.75) is 101 Å². The van der Waals surface area contributed by atoms with Crippen LogP contribution in [0.5, 0.6) is 0 Å². The van der Waals surface area contributed by atoms with E-state index in [4.69, 9.17) is 19.3 Å². The molecule has 30 heavy (non-hydrogen) atoms. The lowest BCUT2D eigenvalue weighted by Gasteiger charge is -2.41. The van der Waals surface area contributed by atoms with Crippen molar-refractivity contribution in [3.8, 4) is 0 Å². The highest BCUT2D eigenvalue weighted by molar-refractivity contribution is 5.73. The maximum atomic E-state index is 11.9. The molecule has 1 saturated heterocycles. The summed E-state index contributed by atoms with van der Waals surface area (Å²) in [6, 6.07) is 0. The Kier molecular flexibility index (Phi) is 10.6. The molecule has 1 rings (SSSR count). The number of aliphatic carboxylic acids is 1. The van der Waals surface area contributed by atoms with Crippen LogP contribution in [-0.4, -0.2) is 97.7 Å². The van der Waals surface area contributed by atoms with Crippen LogP contribution in [0.15, 0.2) is 0 Å². The Morgan fingerprint density at radius 3 is 2.27 bits per heavy atom. The first-order valence-electron chi connectivity index (χ1n) is 9.95. The van der Waals surface area contributed by atoms with Gasteiger partial charge in [0.25, 0.3) is 0 Å². The van der Waals surface area contributed by atoms with Crippen LogP contribution in [0, 0.1) is 0 Å². The molecule has 1 aliphatic rings. The van der Waals surface area contributed by atoms with Gasteiger partial charge in [0.1, 0.15) is 31.0 Å². The Morgan fingerprint density at radius 2 is 1.70 bits per heavy atom. The number of carbonyl (C=O) groups is 2. The molecule has 176 valence electrons. The molecule has 1 heterocycles. The second-order valence-corrected chi connectivity index (χ2v) is 8.17. The fourth-order valence-corrected chi connectivity index (χ4v) is 3.09. The average Bonchev–Trinajstić information content (AvgIpc) is 2.59. The standard InChI is InChI=1S/C19H34O11/c1-10(20)5-4-6-11(2)29-18-17(26)16(25)15(24)12(30-18)9-28-14(23)8-19(3,27)7-13(21)22/h10-12,15-18,20,24-27H,4-9H2,1-3H3,(H,21,22). The van der Waals surface area contributed by atoms with Gasteiger partial charge in [-0.15, -0.1) is 0 Å². The zero-order valence-electron chi connectivity index (χ0n) is 17.5. The van der Waals surface area contributed by atoms with E-state index in [1.165, 1.54) is 6.92 Å². The SMILES string of the molecule is CC(O)CCCC(C)OC1OC(COC(=O)CC(C)(O)CC(=O)O)C(O)C(O)C1O. The Bertz CT molecular complexity index is 551. The van der Waals surface area contributed by atoms with Gasteiger partial charge in [-0.1, -0.05) is 0 Å². The van der Waals surface area contributed by atoms with Crippen molar-refractivity contribution in [2.75, 3.05) is 6.61 Å². The van der Waals surface area contributed by atoms with Gasteiger partial charge in [0.15, 0.2) is 6.29 Å². The highest BCUT2D eigenvalue weighted by atomic mass is 16.7. The second-order valence-electron chi connectivity index (χ2n) is 8.17. The third-order valence-corrected chi connectivity index (χ3v) is 4.73. The molecule has 0 aliphatic carbocycles. The summed E-state index contributed by atoms with van der Waals surface area (Å²) < 4.78 is 16.0. The maximum absolute atomic E-state index is 11.9. The number of hydrogen-bond acceptors (Lipinski definition) is 10. The van der Waals surface area contributed by atoms with Crippen LogP contribution in [0.25, 0.3) is 0 Å². The summed E-state index contributed by atoms with van der Waals surface area (Å²) in [5.41, 5.74) is -1.81. The zero-order valence-corrected chi connectivity index (χ0v) is 17.5. The normalized spacial score (nSPS) is 30.9. The summed E-state index contributed by atoms with van der Waals surface area (Å²) in [7, 11) is 0. The number of rotatable bonds is 12. The van der Waals surface area contributed by atoms with E-state index >= 15 is 0 Å². The minimum Gasteiger partial charge on any atom is -0.481 e. The van der Waals surface area contributed by atoms with Crippen LogP contribution in [0.2, 0.25) is 0 Å². The summed E-state index contributed by atoms with van der Waals surface area (Å²) in [6.45, 7) is 4.08. The molecule has 0 aromatic heterocycles. The maximum Gasteiger partial charge on any atom is 0.308 e. The van der Waals surface area contributed by atoms with E-state index < -0.39 is 73.8 Å². The summed E-state index contributed by atoms with van der Waals surface area (Å²) in [5, 5.41) is 58.2. The van der Waals surface area contributed by atoms with Crippen LogP contribution in [0.3, 0.4) is 0 Å². The van der Waals surface area contributed by atoms with E-state index in [0.717, 1.165) is 0 Å². The Hall–Kier alpha value is -1.34. The Balaban J connectivity index is 2.58. The van der Waals surface area contributed by atoms with Gasteiger partial charge in [-0.05, 0) is 40.0 Å². The number of hydrogen-bond donors (Lipinski definition) is 6. The molecule has 0 saturated carbocycles. The first-order valence-corrected chi connectivity index (χ1v) is 9.95. The summed E-state index contributed by atoms with van der Waals surface area (Å²) >= 11 is 0. The minimum absolute atomic E-state index is 0.375. The van der Waals surface area contributed by atoms with Crippen molar-refractivity contribution < 1.29 is 54.4 Å². The van der Waals surface area contributed by atoms with Gasteiger partial charge in [-0.2, -0.15) is 0 Å². The van der Waals surface area contributed by atoms with Crippen molar-refractivity contribution in [1.29, 1.82) is 0 Å². The van der Waals surface area contributed by atoms with E-state index in [-0.39, 0.29) is 6.10 Å². The van der Waals surface area contributed by atoms with Crippen LogP contribution in [0.4, 0.5) is 0 Å². The molecule has 0 aromatic carbocycles. The number of carboxylic acid groups (broad SMARTS) is 1. The third-order valence-electron chi connectivity index (χ3n) is 4.73. The number of ether oxygens (including phenoxy) is 3. The lowest BCUT2D eigenvalue weighted by atomic mass is 9.98. The van der Waals surface area contributed by atoms with Gasteiger partial charge in [0, 0.05) is 0 Å². The predicted molar refractivity (Wildman–Crippen MR) is 101 cm³/mol. The van der Waals surface area contributed by atoms with Crippen LogP contribution < -0.4 is 0 Å². The number of aliphatic hydroxyl groups excluding tert-OH is 4. The molecule has 0 amide bonds. The molecule has 0 aromatic rings. The van der Waals surface area contributed by atoms with E-state index in [9.17, 15) is 35.1 Å². The topological polar surface area (TPSA) is 183 Å². The first kappa shape index (κ1) is 26.7. The minimum atomic E-state index is -1.81. The summed E-state index contributed by atoms with van der Waals surface area (Å²) in [4.78, 5) is 22.6. The lowest BCUT2D eigenvalue weighted by Crippen LogP contribution is -2.59. The van der Waals surface area contributed by atoms with E-state index in [1.807, 2.05) is 0 Å². The van der Waals surface area contributed by atoms with Crippen molar-refractivity contribution in [3.63, 3.8) is 0 Å². The molecule has 11 nitrogen and oxygen atoms in total. The monoisotopic (exact) mass is 438 g/mol. The highest BCUT2D eigenvalue weighted by Crippen LogP contribution is 2.25. The third kappa shape index (κ3) is 9.21. The lowest BCUT2D eigenvalue weighted by molar-refractivity contribution is -0.311. The van der Waals surface area contributed by atoms with Crippen LogP contribution >= 0.6 is 0 Å². The van der Waals surface area contributed by atoms with Crippen molar-refractivity contribution >= 4 is 11.9 Å². The molecular weight excluding hydrogens is 404 g/mol. The highest BCUT2D eigenvalue weighted by Gasteiger charge is 2.45. The Labute approximate surface area is 175 Å². The molecule has 1 fully saturated rings. The average molecular weight is 438 g/mol. The van der Waals surface area contributed by atoms with Gasteiger partial charge in [0.2, 0.25) is 0 Å². The van der Waals surface area contributed by atoms with E-state index in [1.54, 1.807) is 13.8 Å². The molecule has 1 aliphatic heterocycles. The zero-order chi connectivity index (χ0) is 23.1. The van der Waals surface area contributed by atoms with Crippen LogP contribution in [-0.2, 0) is 23.8 Å². The van der Waals surface area contributed by atoms with Crippen molar-refractivity contribution in [1.82, 2.24) is 0 Å². The van der Waals surface area contributed by atoms with Gasteiger partial charge in [0.05, 0.1) is 30.7 Å². The van der Waals surface area contributed by atoms with Gasteiger partial charge < -0.3 is 44.8 Å². The molecule has 8 atom stereocenters. The quantitative estimate of drug-likeness (QED) is 0.204. The fourth-order valence-electron chi connectivity index (χ4n) is 3.09. The van der Waals surface area contributed by atoms with E-state index in [2.05, 4.69) is 0 Å². The predicted octanol–water partition coefficient (Wildman–Crippen LogP) is -1.09. The number of esters is 1. The summed E-state index contributed by atoms with van der Waals surface area (Å²) in [5.74, 6) is -2.19. The smallest absolute Gasteiger partial charge is 0.308 e. The van der Waals surface area contributed by atoms with Gasteiger partial charge >= 0.3 is 11.9 Å². The molecule has 11 heteroatoms.